The maximum atomic E-state index is 13.5. The number of carbonyl (C=O) groups is 3. The van der Waals surface area contributed by atoms with E-state index in [2.05, 4.69) is 6.92 Å². The van der Waals surface area contributed by atoms with Crippen molar-refractivity contribution in [2.75, 3.05) is 40.3 Å². The molecule has 6 nitrogen and oxygen atoms in total. The largest absolute Gasteiger partial charge is 0.342 e. The van der Waals surface area contributed by atoms with Crippen LogP contribution in [0.4, 0.5) is 0 Å². The fraction of sp³-hybridized carbons (Fsp3) is 0.591. The molecule has 2 atom stereocenters. The van der Waals surface area contributed by atoms with Gasteiger partial charge in [0.05, 0.1) is 5.41 Å². The summed E-state index contributed by atoms with van der Waals surface area (Å²) in [6.45, 7) is 4.42. The molecule has 0 unspecified atom stereocenters. The molecule has 29 heavy (non-hydrogen) atoms. The quantitative estimate of drug-likeness (QED) is 0.665. The highest BCUT2D eigenvalue weighted by atomic mass is 35.5. The van der Waals surface area contributed by atoms with E-state index in [9.17, 15) is 14.4 Å². The van der Waals surface area contributed by atoms with E-state index in [1.165, 1.54) is 4.90 Å². The van der Waals surface area contributed by atoms with Crippen molar-refractivity contribution >= 4 is 29.3 Å². The van der Waals surface area contributed by atoms with E-state index in [4.69, 9.17) is 11.6 Å². The van der Waals surface area contributed by atoms with Crippen molar-refractivity contribution in [2.24, 2.45) is 5.92 Å². The number of likely N-dealkylation sites (tertiary alicyclic amines) is 2. The Morgan fingerprint density at radius 1 is 1.28 bits per heavy atom. The zero-order valence-corrected chi connectivity index (χ0v) is 18.2. The van der Waals surface area contributed by atoms with Crippen LogP contribution >= 0.6 is 11.6 Å². The van der Waals surface area contributed by atoms with Gasteiger partial charge in [-0.05, 0) is 44.5 Å². The van der Waals surface area contributed by atoms with Gasteiger partial charge in [-0.3, -0.25) is 19.3 Å². The topological polar surface area (TPSA) is 60.9 Å². The maximum absolute atomic E-state index is 13.5. The zero-order valence-electron chi connectivity index (χ0n) is 17.5. The van der Waals surface area contributed by atoms with Crippen molar-refractivity contribution in [1.29, 1.82) is 0 Å². The standard InChI is InChI=1S/C22H30ClN3O3/c1-16-7-6-10-25(15-16)19(27)13-22(17-8-4-5-9-18(17)23)14-20(28)26(21(22)29)12-11-24(2)3/h4-5,8-9,16H,6-7,10-15H2,1-3H3/t16-,22-/m1/s1. The molecule has 2 saturated heterocycles. The molecule has 0 saturated carbocycles. The van der Waals surface area contributed by atoms with Gasteiger partial charge in [-0.2, -0.15) is 0 Å². The highest BCUT2D eigenvalue weighted by Gasteiger charge is 2.54. The Balaban J connectivity index is 1.93. The number of imide groups is 1. The lowest BCUT2D eigenvalue weighted by Gasteiger charge is -2.34. The van der Waals surface area contributed by atoms with E-state index >= 15 is 0 Å². The van der Waals surface area contributed by atoms with Crippen LogP contribution in [-0.2, 0) is 19.8 Å². The number of hydrogen-bond donors (Lipinski definition) is 0. The van der Waals surface area contributed by atoms with Crippen molar-refractivity contribution in [3.63, 3.8) is 0 Å². The van der Waals surface area contributed by atoms with E-state index in [1.807, 2.05) is 23.9 Å². The number of rotatable bonds is 6. The van der Waals surface area contributed by atoms with Crippen molar-refractivity contribution in [3.05, 3.63) is 34.9 Å². The van der Waals surface area contributed by atoms with Crippen molar-refractivity contribution in [3.8, 4) is 0 Å². The second-order valence-corrected chi connectivity index (χ2v) is 9.06. The fourth-order valence-electron chi connectivity index (χ4n) is 4.41. The summed E-state index contributed by atoms with van der Waals surface area (Å²) in [6.07, 6.45) is 2.04. The lowest BCUT2D eigenvalue weighted by Crippen LogP contribution is -2.46. The summed E-state index contributed by atoms with van der Waals surface area (Å²) in [5.74, 6) is -0.180. The van der Waals surface area contributed by atoms with E-state index < -0.39 is 5.41 Å². The smallest absolute Gasteiger partial charge is 0.240 e. The number of halogens is 1. The average molecular weight is 420 g/mol. The molecule has 3 amide bonds. The Labute approximate surface area is 177 Å². The molecule has 0 aromatic heterocycles. The average Bonchev–Trinajstić information content (AvgIpc) is 2.90. The summed E-state index contributed by atoms with van der Waals surface area (Å²) in [5, 5.41) is 0.419. The number of carbonyl (C=O) groups excluding carboxylic acids is 3. The number of nitrogens with zero attached hydrogens (tertiary/aromatic N) is 3. The Hall–Kier alpha value is -1.92. The van der Waals surface area contributed by atoms with Gasteiger partial charge in [0.2, 0.25) is 17.7 Å². The van der Waals surface area contributed by atoms with Crippen LogP contribution in [0.25, 0.3) is 0 Å². The second kappa shape index (κ2) is 8.84. The summed E-state index contributed by atoms with van der Waals surface area (Å²) >= 11 is 6.46. The molecule has 2 heterocycles. The maximum Gasteiger partial charge on any atom is 0.240 e. The lowest BCUT2D eigenvalue weighted by atomic mass is 9.75. The molecule has 2 aliphatic rings. The first-order valence-corrected chi connectivity index (χ1v) is 10.6. The van der Waals surface area contributed by atoms with Crippen LogP contribution in [0.15, 0.2) is 24.3 Å². The van der Waals surface area contributed by atoms with Gasteiger partial charge in [-0.1, -0.05) is 36.7 Å². The molecule has 158 valence electrons. The Kier molecular flexibility index (Phi) is 6.64. The predicted molar refractivity (Wildman–Crippen MR) is 113 cm³/mol. The first-order valence-electron chi connectivity index (χ1n) is 10.3. The van der Waals surface area contributed by atoms with E-state index in [0.29, 0.717) is 42.7 Å². The summed E-state index contributed by atoms with van der Waals surface area (Å²) in [7, 11) is 3.79. The third kappa shape index (κ3) is 4.48. The minimum atomic E-state index is -1.22. The molecule has 0 spiro atoms. The first-order chi connectivity index (χ1) is 13.7. The Morgan fingerprint density at radius 3 is 2.66 bits per heavy atom. The van der Waals surface area contributed by atoms with Crippen LogP contribution in [0.2, 0.25) is 5.02 Å². The van der Waals surface area contributed by atoms with Gasteiger partial charge in [-0.15, -0.1) is 0 Å². The van der Waals surface area contributed by atoms with Gasteiger partial charge in [0.1, 0.15) is 0 Å². The van der Waals surface area contributed by atoms with Gasteiger partial charge < -0.3 is 9.80 Å². The SMILES string of the molecule is C[C@@H]1CCCN(C(=O)C[C@]2(c3ccccc3Cl)CC(=O)N(CCN(C)C)C2=O)C1. The number of piperidine rings is 1. The minimum Gasteiger partial charge on any atom is -0.342 e. The predicted octanol–water partition coefficient (Wildman–Crippen LogP) is 2.55. The van der Waals surface area contributed by atoms with Gasteiger partial charge in [0.25, 0.3) is 0 Å². The molecular weight excluding hydrogens is 390 g/mol. The van der Waals surface area contributed by atoms with Gasteiger partial charge in [0, 0.05) is 44.0 Å². The van der Waals surface area contributed by atoms with Gasteiger partial charge >= 0.3 is 0 Å². The molecule has 0 aliphatic carbocycles. The van der Waals surface area contributed by atoms with E-state index in [1.54, 1.807) is 24.3 Å². The second-order valence-electron chi connectivity index (χ2n) is 8.66. The van der Waals surface area contributed by atoms with Gasteiger partial charge in [-0.25, -0.2) is 0 Å². The molecule has 3 rings (SSSR count). The summed E-state index contributed by atoms with van der Waals surface area (Å²) in [4.78, 5) is 44.6. The molecule has 7 heteroatoms. The van der Waals surface area contributed by atoms with Crippen LogP contribution in [-0.4, -0.2) is 72.7 Å². The molecule has 1 aromatic rings. The molecule has 0 bridgehead atoms. The Bertz CT molecular complexity index is 797. The van der Waals surface area contributed by atoms with E-state index in [-0.39, 0.29) is 30.6 Å². The number of amides is 3. The summed E-state index contributed by atoms with van der Waals surface area (Å²) < 4.78 is 0. The van der Waals surface area contributed by atoms with Crippen molar-refractivity contribution in [1.82, 2.24) is 14.7 Å². The van der Waals surface area contributed by atoms with Crippen LogP contribution < -0.4 is 0 Å². The van der Waals surface area contributed by atoms with Crippen LogP contribution in [0.1, 0.15) is 38.2 Å². The fourth-order valence-corrected chi connectivity index (χ4v) is 4.72. The number of likely N-dealkylation sites (N-methyl/N-ethyl adjacent to an activating group) is 1. The highest BCUT2D eigenvalue weighted by molar-refractivity contribution is 6.32. The molecular formula is C22H30ClN3O3. The van der Waals surface area contributed by atoms with E-state index in [0.717, 1.165) is 12.8 Å². The summed E-state index contributed by atoms with van der Waals surface area (Å²) in [5.41, 5.74) is -0.648. The summed E-state index contributed by atoms with van der Waals surface area (Å²) in [6, 6.07) is 7.08. The number of benzene rings is 1. The van der Waals surface area contributed by atoms with Crippen molar-refractivity contribution < 1.29 is 14.4 Å². The van der Waals surface area contributed by atoms with Crippen LogP contribution in [0.5, 0.6) is 0 Å². The van der Waals surface area contributed by atoms with Gasteiger partial charge in [0.15, 0.2) is 0 Å². The molecule has 2 aliphatic heterocycles. The van der Waals surface area contributed by atoms with Crippen LogP contribution in [0, 0.1) is 5.92 Å². The normalized spacial score (nSPS) is 25.2. The molecule has 2 fully saturated rings. The minimum absolute atomic E-state index is 0.0157. The first kappa shape index (κ1) is 21.8. The highest BCUT2D eigenvalue weighted by Crippen LogP contribution is 2.43. The van der Waals surface area contributed by atoms with Crippen LogP contribution in [0.3, 0.4) is 0 Å². The Morgan fingerprint density at radius 2 is 2.00 bits per heavy atom. The molecule has 0 radical (unpaired) electrons. The number of hydrogen-bond acceptors (Lipinski definition) is 4. The third-order valence-corrected chi connectivity index (χ3v) is 6.36. The third-order valence-electron chi connectivity index (χ3n) is 6.03. The van der Waals surface area contributed by atoms with Crippen molar-refractivity contribution in [2.45, 2.75) is 38.0 Å². The zero-order chi connectivity index (χ0) is 21.2. The molecule has 0 N–H and O–H groups in total. The molecule has 1 aromatic carbocycles. The lowest BCUT2D eigenvalue weighted by molar-refractivity contribution is -0.143. The monoisotopic (exact) mass is 419 g/mol.